The highest BCUT2D eigenvalue weighted by Crippen LogP contribution is 2.49. The number of halogens is 3. The third-order valence-electron chi connectivity index (χ3n) is 28.1. The minimum absolute atomic E-state index is 0.160. The Morgan fingerprint density at radius 1 is 0.145 bits per heavy atom. The fraction of sp³-hybridized carbons (Fsp3) is 0. The second-order valence-electron chi connectivity index (χ2n) is 35.7. The summed E-state index contributed by atoms with van der Waals surface area (Å²) in [7, 11) is 0. The van der Waals surface area contributed by atoms with Crippen LogP contribution in [0.2, 0.25) is 0 Å². The van der Waals surface area contributed by atoms with Crippen LogP contribution in [0.4, 0.5) is 13.2 Å². The van der Waals surface area contributed by atoms with E-state index >= 15 is 0 Å². The van der Waals surface area contributed by atoms with Crippen molar-refractivity contribution in [1.29, 1.82) is 0 Å². The van der Waals surface area contributed by atoms with E-state index in [0.717, 1.165) is 115 Å². The Morgan fingerprint density at radius 2 is 0.406 bits per heavy atom. The fourth-order valence-corrected chi connectivity index (χ4v) is 25.8. The number of hydrogen-bond donors (Lipinski definition) is 0. The van der Waals surface area contributed by atoms with Crippen molar-refractivity contribution in [2.24, 2.45) is 0 Å². The van der Waals surface area contributed by atoms with Gasteiger partial charge in [-0.3, -0.25) is 0 Å². The number of benzene rings is 21. The number of aromatic nitrogens is 6. The zero-order valence-corrected chi connectivity index (χ0v) is 76.3. The predicted molar refractivity (Wildman–Crippen MR) is 580 cm³/mol. The van der Waals surface area contributed by atoms with Crippen molar-refractivity contribution in [2.45, 2.75) is 0 Å². The molecular formula is C126H75F3N6S3. The van der Waals surface area contributed by atoms with Crippen molar-refractivity contribution in [1.82, 2.24) is 27.4 Å². The van der Waals surface area contributed by atoms with E-state index < -0.39 is 0 Å². The molecule has 0 spiro atoms. The van der Waals surface area contributed by atoms with Crippen LogP contribution in [0.5, 0.6) is 0 Å². The van der Waals surface area contributed by atoms with Gasteiger partial charge < -0.3 is 27.4 Å². The van der Waals surface area contributed by atoms with Crippen molar-refractivity contribution in [3.05, 3.63) is 472 Å². The Kier molecular flexibility index (Phi) is 18.1. The summed E-state index contributed by atoms with van der Waals surface area (Å²) >= 11 is 5.04. The molecule has 0 aliphatic carbocycles. The van der Waals surface area contributed by atoms with Crippen molar-refractivity contribution in [3.63, 3.8) is 0 Å². The molecule has 0 N–H and O–H groups in total. The van der Waals surface area contributed by atoms with Gasteiger partial charge in [-0.15, -0.1) is 34.0 Å². The van der Waals surface area contributed by atoms with Gasteiger partial charge in [0.1, 0.15) is 17.5 Å². The van der Waals surface area contributed by atoms with Gasteiger partial charge in [-0.25, -0.2) is 13.2 Å². The smallest absolute Gasteiger partial charge is 0.141 e. The summed E-state index contributed by atoms with van der Waals surface area (Å²) in [5.41, 5.74) is 27.4. The van der Waals surface area contributed by atoms with Gasteiger partial charge in [0.05, 0.1) is 70.9 Å². The van der Waals surface area contributed by atoms with Crippen molar-refractivity contribution in [2.75, 3.05) is 0 Å². The zero-order valence-electron chi connectivity index (χ0n) is 73.8. The Balaban J connectivity index is 0.000000102. The van der Waals surface area contributed by atoms with E-state index in [-0.39, 0.29) is 17.5 Å². The first-order chi connectivity index (χ1) is 68.2. The number of fused-ring (bicyclic) bond motifs is 27. The first-order valence-electron chi connectivity index (χ1n) is 46.4. The lowest BCUT2D eigenvalue weighted by Gasteiger charge is -2.11. The van der Waals surface area contributed by atoms with Gasteiger partial charge in [0.25, 0.3) is 0 Å². The summed E-state index contributed by atoms with van der Waals surface area (Å²) in [6.07, 6.45) is 0. The van der Waals surface area contributed by atoms with Crippen LogP contribution in [0.25, 0.3) is 259 Å². The molecule has 0 radical (unpaired) electrons. The third-order valence-corrected chi connectivity index (χ3v) is 31.8. The molecule has 30 rings (SSSR count). The van der Waals surface area contributed by atoms with E-state index in [0.29, 0.717) is 4.70 Å². The quantitative estimate of drug-likeness (QED) is 0.138. The Morgan fingerprint density at radius 3 is 0.790 bits per heavy atom. The number of thiophene rings is 3. The molecule has 0 aliphatic heterocycles. The second kappa shape index (κ2) is 31.5. The molecule has 9 aromatic heterocycles. The molecule has 0 fully saturated rings. The average Bonchev–Trinajstić information content (AvgIpc) is 1.55. The molecule has 6 nitrogen and oxygen atoms in total. The number of hydrogen-bond acceptors (Lipinski definition) is 3. The lowest BCUT2D eigenvalue weighted by molar-refractivity contribution is 0.629. The standard InChI is InChI=1S/3C42H25FN2S/c43-36-17-9-16-33-32-15-8-14-29(41(32)46-42(33)36)26-20-22-28(23-21-26)45-38-19-7-5-13-31(38)35-24-34-30-12-4-6-18-37(30)44(39(34)25-40(35)45)27-10-2-1-3-11-27;43-27-19-22-33-34-14-8-13-30(42(34)46-41(33)23-27)26-17-20-29(21-18-26)45-38-16-7-5-12-32(38)36-24-35-31-11-4-6-15-37(31)44(39(35)25-40(36)45)28-9-2-1-3-10-28;43-27-19-22-38-34(23-27)36-24-35-31-11-4-6-15-37(31)44(28-9-2-1-3-10-28)39(35)25-40(36)45(38)29-20-17-26(18-21-29)30-13-8-14-33-32-12-5-7-16-41(32)46-42(30)33/h3*1-25H. The van der Waals surface area contributed by atoms with Crippen LogP contribution in [0.15, 0.2) is 455 Å². The molecule has 9 heterocycles. The molecule has 0 amide bonds. The van der Waals surface area contributed by atoms with Crippen molar-refractivity contribution in [3.8, 4) is 67.5 Å². The summed E-state index contributed by atoms with van der Waals surface area (Å²) in [6.45, 7) is 0. The van der Waals surface area contributed by atoms with Crippen LogP contribution in [0, 0.1) is 17.5 Å². The van der Waals surface area contributed by atoms with Gasteiger partial charge >= 0.3 is 0 Å². The highest BCUT2D eigenvalue weighted by Gasteiger charge is 2.26. The normalized spacial score (nSPS) is 12.0. The molecule has 138 heavy (non-hydrogen) atoms. The molecule has 0 saturated heterocycles. The summed E-state index contributed by atoms with van der Waals surface area (Å²) in [5.74, 6) is -0.588. The van der Waals surface area contributed by atoms with Gasteiger partial charge in [-0.2, -0.15) is 0 Å². The summed E-state index contributed by atoms with van der Waals surface area (Å²) in [4.78, 5) is 0. The predicted octanol–water partition coefficient (Wildman–Crippen LogP) is 36.2. The van der Waals surface area contributed by atoms with E-state index in [9.17, 15) is 13.2 Å². The maximum Gasteiger partial charge on any atom is 0.141 e. The number of rotatable bonds is 9. The van der Waals surface area contributed by atoms with Gasteiger partial charge in [0.15, 0.2) is 0 Å². The van der Waals surface area contributed by atoms with E-state index in [1.54, 1.807) is 47.7 Å². The molecule has 0 aliphatic rings. The van der Waals surface area contributed by atoms with Crippen molar-refractivity contribution >= 4 is 225 Å². The van der Waals surface area contributed by atoms with E-state index in [4.69, 9.17) is 0 Å². The monoisotopic (exact) mass is 1820 g/mol. The maximum absolute atomic E-state index is 14.8. The molecule has 21 aromatic carbocycles. The maximum atomic E-state index is 14.8. The summed E-state index contributed by atoms with van der Waals surface area (Å²) < 4.78 is 64.3. The lowest BCUT2D eigenvalue weighted by Crippen LogP contribution is -1.96. The second-order valence-corrected chi connectivity index (χ2v) is 38.8. The highest BCUT2D eigenvalue weighted by atomic mass is 32.1. The van der Waals surface area contributed by atoms with Crippen LogP contribution in [-0.4, -0.2) is 27.4 Å². The number of para-hydroxylation sites is 8. The minimum Gasteiger partial charge on any atom is -0.309 e. The first kappa shape index (κ1) is 79.4. The van der Waals surface area contributed by atoms with E-state index in [1.165, 1.54) is 151 Å². The lowest BCUT2D eigenvalue weighted by atomic mass is 10.0. The Labute approximate surface area is 799 Å². The molecule has 0 atom stereocenters. The molecule has 648 valence electrons. The molecular weight excluding hydrogens is 1750 g/mol. The Hall–Kier alpha value is -17.1. The van der Waals surface area contributed by atoms with Crippen LogP contribution in [-0.2, 0) is 0 Å². The van der Waals surface area contributed by atoms with Crippen LogP contribution in [0.3, 0.4) is 0 Å². The fourth-order valence-electron chi connectivity index (χ4n) is 22.1. The van der Waals surface area contributed by atoms with Gasteiger partial charge in [-0.05, 0) is 215 Å². The molecule has 12 heteroatoms. The molecule has 0 bridgehead atoms. The SMILES string of the molecule is Fc1ccc2c(c1)c1cc3c4ccccc4n(-c4ccccc4)c3cc1n2-c1ccc(-c2cccc3c2sc2ccccc23)cc1.Fc1ccc2c(c1)sc1c(-c3ccc(-n4c5ccccc5c5cc6c7ccccc7n(-c7ccccc7)c6cc54)cc3)cccc12.Fc1cccc2c1sc1c(-c3ccc(-n4c5ccccc5c5cc6c7ccccc7n(-c7ccccc7)c6cc54)cc3)cccc12. The van der Waals surface area contributed by atoms with Gasteiger partial charge in [0, 0.05) is 155 Å². The Bertz CT molecular complexity index is 10300. The zero-order chi connectivity index (χ0) is 91.1. The molecule has 0 unspecified atom stereocenters. The van der Waals surface area contributed by atoms with E-state index in [2.05, 4.69) is 422 Å². The van der Waals surface area contributed by atoms with Crippen molar-refractivity contribution < 1.29 is 13.2 Å². The topological polar surface area (TPSA) is 29.6 Å². The summed E-state index contributed by atoms with van der Waals surface area (Å²) in [5, 5.41) is 21.2. The molecule has 30 aromatic rings. The minimum atomic E-state index is -0.231. The van der Waals surface area contributed by atoms with Gasteiger partial charge in [-0.1, -0.05) is 273 Å². The van der Waals surface area contributed by atoms with Crippen LogP contribution >= 0.6 is 34.0 Å². The first-order valence-corrected chi connectivity index (χ1v) is 48.8. The number of nitrogens with zero attached hydrogens (tertiary/aromatic N) is 6. The third kappa shape index (κ3) is 12.4. The summed E-state index contributed by atoms with van der Waals surface area (Å²) in [6, 6.07) is 159. The average molecular weight is 1830 g/mol. The largest absolute Gasteiger partial charge is 0.309 e. The highest BCUT2D eigenvalue weighted by molar-refractivity contribution is 7.27. The van der Waals surface area contributed by atoms with Gasteiger partial charge in [0.2, 0.25) is 0 Å². The molecule has 0 saturated carbocycles. The van der Waals surface area contributed by atoms with E-state index in [1.807, 2.05) is 35.6 Å². The van der Waals surface area contributed by atoms with Crippen LogP contribution in [0.1, 0.15) is 0 Å². The van der Waals surface area contributed by atoms with Crippen LogP contribution < -0.4 is 0 Å².